The van der Waals surface area contributed by atoms with E-state index in [4.69, 9.17) is 4.74 Å². The monoisotopic (exact) mass is 603 g/mol. The van der Waals surface area contributed by atoms with Crippen LogP contribution >= 0.6 is 0 Å². The number of nitrogens with one attached hydrogen (secondary N) is 1. The predicted molar refractivity (Wildman–Crippen MR) is 156 cm³/mol. The van der Waals surface area contributed by atoms with Gasteiger partial charge in [-0.1, -0.05) is 60.7 Å². The number of hydrogen-bond acceptors (Lipinski definition) is 4. The molecule has 1 unspecified atom stereocenters. The lowest BCUT2D eigenvalue weighted by atomic mass is 10.1. The summed E-state index contributed by atoms with van der Waals surface area (Å²) in [4.78, 5) is 30.4. The van der Waals surface area contributed by atoms with Crippen molar-refractivity contribution in [3.05, 3.63) is 140 Å². The third-order valence-corrected chi connectivity index (χ3v) is 7.36. The van der Waals surface area contributed by atoms with Crippen LogP contribution in [0.2, 0.25) is 0 Å². The molecule has 0 spiro atoms. The highest BCUT2D eigenvalue weighted by molar-refractivity contribution is 5.82. The summed E-state index contributed by atoms with van der Waals surface area (Å²) in [6.45, 7) is -0.128. The number of ether oxygens (including phenoxy) is 1. The first-order chi connectivity index (χ1) is 21.1. The number of nitrogens with zero attached hydrogens (tertiary/aromatic N) is 4. The SMILES string of the molecule is COc1ccc(Cn2c(=O)n(C(F)c3ccccc3)c(=O)c3[nH]c(-c4cnn(Cc5ccccc5C(F)(F)F)c4)cc32)cc1. The van der Waals surface area contributed by atoms with E-state index in [0.717, 1.165) is 6.07 Å². The summed E-state index contributed by atoms with van der Waals surface area (Å²) in [5.74, 6) is 0.614. The lowest BCUT2D eigenvalue weighted by Gasteiger charge is -2.15. The molecule has 0 aliphatic rings. The predicted octanol–water partition coefficient (Wildman–Crippen LogP) is 6.00. The lowest BCUT2D eigenvalue weighted by molar-refractivity contribution is -0.138. The largest absolute Gasteiger partial charge is 0.497 e. The van der Waals surface area contributed by atoms with Gasteiger partial charge < -0.3 is 9.72 Å². The molecule has 0 aliphatic carbocycles. The number of alkyl halides is 4. The number of halogens is 4. The molecule has 6 rings (SSSR count). The molecule has 0 amide bonds. The zero-order chi connectivity index (χ0) is 31.0. The van der Waals surface area contributed by atoms with Crippen LogP contribution in [0.1, 0.15) is 28.5 Å². The summed E-state index contributed by atoms with van der Waals surface area (Å²) in [6, 6.07) is 21.7. The zero-order valence-electron chi connectivity index (χ0n) is 23.3. The van der Waals surface area contributed by atoms with Gasteiger partial charge in [0.2, 0.25) is 6.30 Å². The van der Waals surface area contributed by atoms with Crippen molar-refractivity contribution in [3.63, 3.8) is 0 Å². The highest BCUT2D eigenvalue weighted by Crippen LogP contribution is 2.32. The molecule has 0 fully saturated rings. The molecule has 0 aliphatic heterocycles. The smallest absolute Gasteiger partial charge is 0.416 e. The maximum atomic E-state index is 15.8. The first kappa shape index (κ1) is 28.7. The molecule has 1 N–H and O–H groups in total. The Bertz CT molecular complexity index is 2060. The average molecular weight is 604 g/mol. The standard InChI is InChI=1S/C32H25F4N5O3/c1-44-24-13-11-20(12-14-24)17-40-27-15-26(23-16-37-39(19-23)18-22-9-5-6-10-25(22)32(34,35)36)38-28(27)30(42)41(31(40)43)29(33)21-7-3-2-4-8-21/h2-16,19,29,38H,17-18H2,1H3. The van der Waals surface area contributed by atoms with Crippen LogP contribution in [0.25, 0.3) is 22.3 Å². The second-order valence-corrected chi connectivity index (χ2v) is 10.2. The molecule has 0 saturated carbocycles. The average Bonchev–Trinajstić information content (AvgIpc) is 3.68. The van der Waals surface area contributed by atoms with Crippen molar-refractivity contribution >= 4 is 11.0 Å². The third-order valence-electron chi connectivity index (χ3n) is 7.36. The molecular weight excluding hydrogens is 578 g/mol. The molecule has 3 aromatic carbocycles. The van der Waals surface area contributed by atoms with E-state index in [9.17, 15) is 22.8 Å². The molecule has 3 aromatic heterocycles. The molecule has 3 heterocycles. The Labute approximate surface area is 247 Å². The summed E-state index contributed by atoms with van der Waals surface area (Å²) < 4.78 is 64.8. The van der Waals surface area contributed by atoms with Gasteiger partial charge in [-0.05, 0) is 35.4 Å². The van der Waals surface area contributed by atoms with Crippen LogP contribution in [0, 0.1) is 0 Å². The number of methoxy groups -OCH3 is 1. The van der Waals surface area contributed by atoms with Gasteiger partial charge in [-0.25, -0.2) is 13.8 Å². The fraction of sp³-hybridized carbons (Fsp3) is 0.156. The van der Waals surface area contributed by atoms with Gasteiger partial charge in [-0.3, -0.25) is 14.0 Å². The van der Waals surface area contributed by atoms with E-state index in [1.165, 1.54) is 59.1 Å². The highest BCUT2D eigenvalue weighted by atomic mass is 19.4. The molecule has 0 radical (unpaired) electrons. The first-order valence-corrected chi connectivity index (χ1v) is 13.5. The Balaban J connectivity index is 1.45. The van der Waals surface area contributed by atoms with Crippen LogP contribution in [0.4, 0.5) is 17.6 Å². The number of H-pyrrole nitrogens is 1. The fourth-order valence-corrected chi connectivity index (χ4v) is 5.14. The van der Waals surface area contributed by atoms with Gasteiger partial charge in [-0.2, -0.15) is 18.3 Å². The van der Waals surface area contributed by atoms with E-state index < -0.39 is 29.3 Å². The number of aromatic amines is 1. The maximum absolute atomic E-state index is 15.8. The Morgan fingerprint density at radius 2 is 1.64 bits per heavy atom. The van der Waals surface area contributed by atoms with Gasteiger partial charge in [0.25, 0.3) is 5.56 Å². The van der Waals surface area contributed by atoms with Gasteiger partial charge in [0, 0.05) is 17.3 Å². The normalized spacial score (nSPS) is 12.5. The van der Waals surface area contributed by atoms with E-state index in [1.807, 2.05) is 0 Å². The number of aromatic nitrogens is 5. The number of benzene rings is 3. The van der Waals surface area contributed by atoms with E-state index in [1.54, 1.807) is 48.5 Å². The number of hydrogen-bond donors (Lipinski definition) is 1. The minimum absolute atomic E-state index is 0.0122. The topological polar surface area (TPSA) is 86.8 Å². The molecule has 0 bridgehead atoms. The van der Waals surface area contributed by atoms with Crippen LogP contribution in [-0.2, 0) is 19.3 Å². The minimum atomic E-state index is -4.52. The molecule has 44 heavy (non-hydrogen) atoms. The Hall–Kier alpha value is -5.39. The Kier molecular flexibility index (Phi) is 7.41. The number of fused-ring (bicyclic) bond motifs is 1. The van der Waals surface area contributed by atoms with Crippen molar-refractivity contribution in [1.82, 2.24) is 23.9 Å². The van der Waals surface area contributed by atoms with Gasteiger partial charge in [0.05, 0.1) is 43.2 Å². The van der Waals surface area contributed by atoms with Crippen molar-refractivity contribution in [2.75, 3.05) is 7.11 Å². The van der Waals surface area contributed by atoms with Crippen LogP contribution in [0.5, 0.6) is 5.75 Å². The van der Waals surface area contributed by atoms with E-state index in [0.29, 0.717) is 27.1 Å². The summed E-state index contributed by atoms with van der Waals surface area (Å²) in [6.07, 6.45) is -3.60. The lowest BCUT2D eigenvalue weighted by Crippen LogP contribution is -2.41. The summed E-state index contributed by atoms with van der Waals surface area (Å²) in [5, 5.41) is 4.22. The minimum Gasteiger partial charge on any atom is -0.497 e. The van der Waals surface area contributed by atoms with Crippen molar-refractivity contribution < 1.29 is 22.3 Å². The molecule has 6 aromatic rings. The summed E-state index contributed by atoms with van der Waals surface area (Å²) >= 11 is 0. The van der Waals surface area contributed by atoms with Crippen LogP contribution in [-0.4, -0.2) is 31.0 Å². The van der Waals surface area contributed by atoms with Crippen LogP contribution < -0.4 is 16.0 Å². The second kappa shape index (κ2) is 11.4. The van der Waals surface area contributed by atoms with E-state index in [2.05, 4.69) is 10.1 Å². The van der Waals surface area contributed by atoms with Gasteiger partial charge in [0.1, 0.15) is 11.3 Å². The van der Waals surface area contributed by atoms with Gasteiger partial charge >= 0.3 is 11.9 Å². The Morgan fingerprint density at radius 3 is 2.34 bits per heavy atom. The molecule has 12 heteroatoms. The quantitative estimate of drug-likeness (QED) is 0.217. The van der Waals surface area contributed by atoms with Crippen LogP contribution in [0.15, 0.2) is 107 Å². The molecule has 1 atom stereocenters. The highest BCUT2D eigenvalue weighted by Gasteiger charge is 2.33. The van der Waals surface area contributed by atoms with E-state index in [-0.39, 0.29) is 35.2 Å². The fourth-order valence-electron chi connectivity index (χ4n) is 5.14. The molecule has 8 nitrogen and oxygen atoms in total. The second-order valence-electron chi connectivity index (χ2n) is 10.2. The zero-order valence-corrected chi connectivity index (χ0v) is 23.3. The van der Waals surface area contributed by atoms with Crippen LogP contribution in [0.3, 0.4) is 0 Å². The molecular formula is C32H25F4N5O3. The molecule has 0 saturated heterocycles. The van der Waals surface area contributed by atoms with Gasteiger partial charge in [0.15, 0.2) is 0 Å². The van der Waals surface area contributed by atoms with Crippen molar-refractivity contribution in [2.24, 2.45) is 0 Å². The first-order valence-electron chi connectivity index (χ1n) is 13.5. The molecule has 224 valence electrons. The number of rotatable bonds is 8. The summed E-state index contributed by atoms with van der Waals surface area (Å²) in [7, 11) is 1.53. The van der Waals surface area contributed by atoms with Crippen molar-refractivity contribution in [2.45, 2.75) is 25.6 Å². The Morgan fingerprint density at radius 1 is 0.932 bits per heavy atom. The van der Waals surface area contributed by atoms with Crippen molar-refractivity contribution in [1.29, 1.82) is 0 Å². The van der Waals surface area contributed by atoms with E-state index >= 15 is 4.39 Å². The van der Waals surface area contributed by atoms with Crippen molar-refractivity contribution in [3.8, 4) is 17.0 Å². The van der Waals surface area contributed by atoms with Gasteiger partial charge in [-0.15, -0.1) is 0 Å². The third kappa shape index (κ3) is 5.41. The summed E-state index contributed by atoms with van der Waals surface area (Å²) in [5.41, 5.74) is -0.530. The maximum Gasteiger partial charge on any atom is 0.416 e.